The van der Waals surface area contributed by atoms with E-state index in [-0.39, 0.29) is 5.97 Å². The van der Waals surface area contributed by atoms with E-state index >= 15 is 0 Å². The fourth-order valence-electron chi connectivity index (χ4n) is 1.52. The number of aromatic nitrogens is 1. The third-order valence-corrected chi connectivity index (χ3v) is 3.04. The van der Waals surface area contributed by atoms with E-state index in [9.17, 15) is 4.79 Å². The van der Waals surface area contributed by atoms with Crippen molar-refractivity contribution in [1.82, 2.24) is 9.88 Å². The van der Waals surface area contributed by atoms with Crippen molar-refractivity contribution in [3.05, 3.63) is 28.0 Å². The Hall–Kier alpha value is -0.840. The first-order valence-corrected chi connectivity index (χ1v) is 6.33. The molecule has 1 aromatic heterocycles. The van der Waals surface area contributed by atoms with Crippen LogP contribution in [0.25, 0.3) is 0 Å². The molecular weight excluding hydrogens is 275 g/mol. The van der Waals surface area contributed by atoms with Crippen molar-refractivity contribution in [3.8, 4) is 0 Å². The van der Waals surface area contributed by atoms with Crippen LogP contribution in [0.15, 0.2) is 12.3 Å². The molecule has 0 aromatic carbocycles. The van der Waals surface area contributed by atoms with Crippen LogP contribution in [0.5, 0.6) is 0 Å². The van der Waals surface area contributed by atoms with E-state index in [0.717, 1.165) is 18.5 Å². The van der Waals surface area contributed by atoms with Crippen LogP contribution in [-0.4, -0.2) is 36.6 Å². The number of ether oxygens (including phenoxy) is 1. The van der Waals surface area contributed by atoms with E-state index in [1.807, 2.05) is 7.05 Å². The Morgan fingerprint density at radius 3 is 2.83 bits per heavy atom. The van der Waals surface area contributed by atoms with Gasteiger partial charge in [-0.05, 0) is 26.1 Å². The number of methoxy groups -OCH3 is 1. The van der Waals surface area contributed by atoms with Gasteiger partial charge in [0, 0.05) is 29.7 Å². The van der Waals surface area contributed by atoms with Gasteiger partial charge in [0.1, 0.15) is 5.15 Å². The Balaban J connectivity index is 2.39. The maximum Gasteiger partial charge on any atom is 0.305 e. The fraction of sp³-hybridized carbons (Fsp3) is 0.500. The summed E-state index contributed by atoms with van der Waals surface area (Å²) in [5, 5.41) is 0.993. The van der Waals surface area contributed by atoms with Crippen molar-refractivity contribution < 1.29 is 9.53 Å². The van der Waals surface area contributed by atoms with E-state index in [1.54, 1.807) is 12.3 Å². The molecule has 100 valence electrons. The molecule has 1 rings (SSSR count). The fourth-order valence-corrected chi connectivity index (χ4v) is 1.94. The highest BCUT2D eigenvalue weighted by Crippen LogP contribution is 2.19. The number of carbonyl (C=O) groups excluding carboxylic acids is 1. The van der Waals surface area contributed by atoms with E-state index in [4.69, 9.17) is 23.2 Å². The van der Waals surface area contributed by atoms with Crippen molar-refractivity contribution in [2.45, 2.75) is 19.4 Å². The van der Waals surface area contributed by atoms with Gasteiger partial charge in [0.25, 0.3) is 0 Å². The van der Waals surface area contributed by atoms with Gasteiger partial charge in [0.2, 0.25) is 0 Å². The van der Waals surface area contributed by atoms with E-state index in [2.05, 4.69) is 14.6 Å². The molecular formula is C12H16Cl2N2O2. The third kappa shape index (κ3) is 5.21. The number of rotatable bonds is 6. The van der Waals surface area contributed by atoms with E-state index in [0.29, 0.717) is 23.1 Å². The molecule has 0 aliphatic heterocycles. The predicted molar refractivity (Wildman–Crippen MR) is 71.8 cm³/mol. The molecule has 1 heterocycles. The summed E-state index contributed by atoms with van der Waals surface area (Å²) in [7, 11) is 3.35. The number of halogens is 2. The summed E-state index contributed by atoms with van der Waals surface area (Å²) in [6.07, 6.45) is 2.84. The molecule has 0 amide bonds. The van der Waals surface area contributed by atoms with Crippen LogP contribution >= 0.6 is 23.2 Å². The molecule has 0 radical (unpaired) electrons. The molecule has 0 spiro atoms. The Kier molecular flexibility index (Phi) is 6.39. The lowest BCUT2D eigenvalue weighted by Gasteiger charge is -2.16. The van der Waals surface area contributed by atoms with Gasteiger partial charge >= 0.3 is 5.97 Å². The van der Waals surface area contributed by atoms with Crippen LogP contribution < -0.4 is 0 Å². The molecule has 0 aliphatic rings. The summed E-state index contributed by atoms with van der Waals surface area (Å²) in [5.41, 5.74) is 0.918. The normalized spacial score (nSPS) is 10.7. The zero-order valence-electron chi connectivity index (χ0n) is 10.4. The number of nitrogens with zero attached hydrogens (tertiary/aromatic N) is 2. The van der Waals surface area contributed by atoms with E-state index < -0.39 is 0 Å². The van der Waals surface area contributed by atoms with Crippen molar-refractivity contribution in [2.24, 2.45) is 0 Å². The standard InChI is InChI=1S/C12H16Cl2N2O2/c1-16(5-3-4-12(17)18-2)8-9-7-15-11(14)6-10(9)13/h6-7H,3-5,8H2,1-2H3. The monoisotopic (exact) mass is 290 g/mol. The van der Waals surface area contributed by atoms with Gasteiger partial charge in [-0.1, -0.05) is 23.2 Å². The van der Waals surface area contributed by atoms with Crippen molar-refractivity contribution >= 4 is 29.2 Å². The first kappa shape index (κ1) is 15.2. The molecule has 0 bridgehead atoms. The minimum absolute atomic E-state index is 0.186. The minimum atomic E-state index is -0.186. The van der Waals surface area contributed by atoms with Gasteiger partial charge in [0.05, 0.1) is 7.11 Å². The van der Waals surface area contributed by atoms with Crippen LogP contribution in [0, 0.1) is 0 Å². The number of pyridine rings is 1. The Morgan fingerprint density at radius 2 is 2.22 bits per heavy atom. The van der Waals surface area contributed by atoms with Crippen molar-refractivity contribution in [1.29, 1.82) is 0 Å². The lowest BCUT2D eigenvalue weighted by Crippen LogP contribution is -2.20. The molecule has 0 N–H and O–H groups in total. The van der Waals surface area contributed by atoms with Gasteiger partial charge < -0.3 is 9.64 Å². The molecule has 0 unspecified atom stereocenters. The number of carbonyl (C=O) groups is 1. The molecule has 0 saturated heterocycles. The number of hydrogen-bond donors (Lipinski definition) is 0. The predicted octanol–water partition coefficient (Wildman–Crippen LogP) is 2.77. The molecule has 0 saturated carbocycles. The topological polar surface area (TPSA) is 42.4 Å². The molecule has 6 heteroatoms. The average molecular weight is 291 g/mol. The maximum absolute atomic E-state index is 11.0. The quantitative estimate of drug-likeness (QED) is 0.597. The van der Waals surface area contributed by atoms with Gasteiger partial charge in [-0.25, -0.2) is 4.98 Å². The van der Waals surface area contributed by atoms with Crippen LogP contribution in [-0.2, 0) is 16.1 Å². The number of esters is 1. The largest absolute Gasteiger partial charge is 0.469 e. The average Bonchev–Trinajstić information content (AvgIpc) is 2.32. The second-order valence-electron chi connectivity index (χ2n) is 4.02. The summed E-state index contributed by atoms with van der Waals surface area (Å²) < 4.78 is 4.58. The van der Waals surface area contributed by atoms with Crippen molar-refractivity contribution in [3.63, 3.8) is 0 Å². The van der Waals surface area contributed by atoms with Crippen molar-refractivity contribution in [2.75, 3.05) is 20.7 Å². The first-order valence-electron chi connectivity index (χ1n) is 5.58. The number of hydrogen-bond acceptors (Lipinski definition) is 4. The van der Waals surface area contributed by atoms with Crippen LogP contribution in [0.2, 0.25) is 10.2 Å². The lowest BCUT2D eigenvalue weighted by atomic mass is 10.2. The Labute approximate surface area is 117 Å². The molecule has 18 heavy (non-hydrogen) atoms. The van der Waals surface area contributed by atoms with Gasteiger partial charge in [-0.15, -0.1) is 0 Å². The minimum Gasteiger partial charge on any atom is -0.469 e. The summed E-state index contributed by atoms with van der Waals surface area (Å²) in [4.78, 5) is 17.0. The highest BCUT2D eigenvalue weighted by atomic mass is 35.5. The highest BCUT2D eigenvalue weighted by Gasteiger charge is 2.07. The molecule has 0 fully saturated rings. The Morgan fingerprint density at radius 1 is 1.50 bits per heavy atom. The van der Waals surface area contributed by atoms with E-state index in [1.165, 1.54) is 7.11 Å². The lowest BCUT2D eigenvalue weighted by molar-refractivity contribution is -0.140. The molecule has 1 aromatic rings. The third-order valence-electron chi connectivity index (χ3n) is 2.48. The molecule has 0 aliphatic carbocycles. The van der Waals surface area contributed by atoms with Crippen LogP contribution in [0.1, 0.15) is 18.4 Å². The Bertz CT molecular complexity index is 413. The summed E-state index contributed by atoms with van der Waals surface area (Å²) in [5.74, 6) is -0.186. The van der Waals surface area contributed by atoms with Gasteiger partial charge in [-0.3, -0.25) is 4.79 Å². The van der Waals surface area contributed by atoms with Crippen LogP contribution in [0.4, 0.5) is 0 Å². The highest BCUT2D eigenvalue weighted by molar-refractivity contribution is 6.34. The van der Waals surface area contributed by atoms with Crippen LogP contribution in [0.3, 0.4) is 0 Å². The SMILES string of the molecule is COC(=O)CCCN(C)Cc1cnc(Cl)cc1Cl. The van der Waals surface area contributed by atoms with Gasteiger partial charge in [0.15, 0.2) is 0 Å². The summed E-state index contributed by atoms with van der Waals surface area (Å²) in [6, 6.07) is 1.63. The first-order chi connectivity index (χ1) is 8.52. The second-order valence-corrected chi connectivity index (χ2v) is 4.81. The zero-order chi connectivity index (χ0) is 13.5. The summed E-state index contributed by atoms with van der Waals surface area (Å²) in [6.45, 7) is 1.46. The van der Waals surface area contributed by atoms with Gasteiger partial charge in [-0.2, -0.15) is 0 Å². The maximum atomic E-state index is 11.0. The molecule has 4 nitrogen and oxygen atoms in total. The molecule has 0 atom stereocenters. The second kappa shape index (κ2) is 7.56. The zero-order valence-corrected chi connectivity index (χ0v) is 12.0. The summed E-state index contributed by atoms with van der Waals surface area (Å²) >= 11 is 11.8. The smallest absolute Gasteiger partial charge is 0.305 e.